The smallest absolute Gasteiger partial charge is 0.231 e. The number of piperidine rings is 1. The largest absolute Gasteiger partial charge is 0.354 e. The molecule has 1 aliphatic carbocycles. The number of carbonyl (C=O) groups excluding carboxylic acids is 1. The lowest BCUT2D eigenvalue weighted by molar-refractivity contribution is -0.120. The van der Waals surface area contributed by atoms with Crippen molar-refractivity contribution in [3.05, 3.63) is 53.0 Å². The van der Waals surface area contributed by atoms with Crippen LogP contribution in [0.3, 0.4) is 0 Å². The average molecular weight is 420 g/mol. The molecule has 1 N–H and O–H groups in total. The van der Waals surface area contributed by atoms with E-state index in [0.717, 1.165) is 54.4 Å². The molecule has 3 aromatic rings. The number of aryl methyl sites for hydroxylation is 2. The Morgan fingerprint density at radius 2 is 1.90 bits per heavy atom. The number of nitrogens with zero attached hydrogens (tertiary/aromatic N) is 4. The van der Waals surface area contributed by atoms with Crippen LogP contribution in [0.4, 0.5) is 10.9 Å². The SMILES string of the molecule is O=C(Nc1nc2c(s1)CCCC2)C1CCCN(c2ccc(-c3ccccc3)nn2)C1. The van der Waals surface area contributed by atoms with Gasteiger partial charge in [0.05, 0.1) is 17.3 Å². The van der Waals surface area contributed by atoms with Crippen molar-refractivity contribution in [3.63, 3.8) is 0 Å². The van der Waals surface area contributed by atoms with E-state index in [1.54, 1.807) is 11.3 Å². The fourth-order valence-corrected chi connectivity index (χ4v) is 5.32. The number of amides is 1. The summed E-state index contributed by atoms with van der Waals surface area (Å²) in [6, 6.07) is 14.1. The quantitative estimate of drug-likeness (QED) is 0.681. The van der Waals surface area contributed by atoms with Crippen LogP contribution in [0.25, 0.3) is 11.3 Å². The first-order valence-corrected chi connectivity index (χ1v) is 11.5. The molecule has 154 valence electrons. The van der Waals surface area contributed by atoms with E-state index in [2.05, 4.69) is 25.4 Å². The standard InChI is InChI=1S/C23H25N5OS/c29-22(25-23-24-19-10-4-5-11-20(19)30-23)17-9-6-14-28(15-17)21-13-12-18(26-27-21)16-7-2-1-3-8-16/h1-3,7-8,12-13,17H,4-6,9-11,14-15H2,(H,24,25,29). The Hall–Kier alpha value is -2.80. The number of benzene rings is 1. The predicted molar refractivity (Wildman–Crippen MR) is 120 cm³/mol. The van der Waals surface area contributed by atoms with Gasteiger partial charge < -0.3 is 10.2 Å². The van der Waals surface area contributed by atoms with Crippen molar-refractivity contribution in [1.29, 1.82) is 0 Å². The van der Waals surface area contributed by atoms with E-state index in [1.165, 1.54) is 23.4 Å². The summed E-state index contributed by atoms with van der Waals surface area (Å²) in [6.45, 7) is 1.56. The van der Waals surface area contributed by atoms with E-state index in [9.17, 15) is 4.79 Å². The number of thiazole rings is 1. The molecule has 6 nitrogen and oxygen atoms in total. The molecule has 1 fully saturated rings. The average Bonchev–Trinajstić information content (AvgIpc) is 3.22. The van der Waals surface area contributed by atoms with E-state index in [4.69, 9.17) is 0 Å². The molecule has 1 saturated heterocycles. The van der Waals surface area contributed by atoms with E-state index in [1.807, 2.05) is 42.5 Å². The summed E-state index contributed by atoms with van der Waals surface area (Å²) in [5.74, 6) is 0.840. The Morgan fingerprint density at radius 1 is 1.03 bits per heavy atom. The molecular weight excluding hydrogens is 394 g/mol. The van der Waals surface area contributed by atoms with Crippen LogP contribution < -0.4 is 10.2 Å². The summed E-state index contributed by atoms with van der Waals surface area (Å²) in [5.41, 5.74) is 3.09. The van der Waals surface area contributed by atoms with Crippen molar-refractivity contribution in [2.75, 3.05) is 23.3 Å². The molecule has 0 radical (unpaired) electrons. The minimum absolute atomic E-state index is 0.0599. The third kappa shape index (κ3) is 4.07. The van der Waals surface area contributed by atoms with Crippen LogP contribution in [0.15, 0.2) is 42.5 Å². The second-order valence-corrected chi connectivity index (χ2v) is 9.10. The molecule has 1 aromatic carbocycles. The second kappa shape index (κ2) is 8.52. The van der Waals surface area contributed by atoms with Crippen LogP contribution in [-0.4, -0.2) is 34.2 Å². The number of rotatable bonds is 4. The highest BCUT2D eigenvalue weighted by atomic mass is 32.1. The molecule has 2 aliphatic rings. The fraction of sp³-hybridized carbons (Fsp3) is 0.391. The van der Waals surface area contributed by atoms with Crippen molar-refractivity contribution >= 4 is 28.2 Å². The van der Waals surface area contributed by atoms with Crippen molar-refractivity contribution in [2.24, 2.45) is 5.92 Å². The molecule has 3 heterocycles. The van der Waals surface area contributed by atoms with Gasteiger partial charge in [0.2, 0.25) is 5.91 Å². The number of fused-ring (bicyclic) bond motifs is 1. The molecule has 1 aliphatic heterocycles. The van der Waals surface area contributed by atoms with Crippen molar-refractivity contribution in [3.8, 4) is 11.3 Å². The molecule has 30 heavy (non-hydrogen) atoms. The molecule has 7 heteroatoms. The number of anilines is 2. The van der Waals surface area contributed by atoms with Gasteiger partial charge in [0, 0.05) is 23.5 Å². The summed E-state index contributed by atoms with van der Waals surface area (Å²) in [7, 11) is 0. The summed E-state index contributed by atoms with van der Waals surface area (Å²) < 4.78 is 0. The number of aromatic nitrogens is 3. The van der Waals surface area contributed by atoms with Gasteiger partial charge in [-0.3, -0.25) is 4.79 Å². The molecule has 1 amide bonds. The minimum Gasteiger partial charge on any atom is -0.354 e. The lowest BCUT2D eigenvalue weighted by Gasteiger charge is -2.32. The van der Waals surface area contributed by atoms with Gasteiger partial charge in [-0.15, -0.1) is 21.5 Å². The Balaban J connectivity index is 1.24. The third-order valence-electron chi connectivity index (χ3n) is 5.91. The zero-order valence-electron chi connectivity index (χ0n) is 16.9. The number of hydrogen-bond acceptors (Lipinski definition) is 6. The zero-order chi connectivity index (χ0) is 20.3. The number of carbonyl (C=O) groups is 1. The van der Waals surface area contributed by atoms with Gasteiger partial charge in [-0.05, 0) is 50.7 Å². The van der Waals surface area contributed by atoms with E-state index < -0.39 is 0 Å². The Bertz CT molecular complexity index is 994. The molecule has 0 saturated carbocycles. The Morgan fingerprint density at radius 3 is 2.70 bits per heavy atom. The van der Waals surface area contributed by atoms with Gasteiger partial charge in [0.1, 0.15) is 0 Å². The lowest BCUT2D eigenvalue weighted by atomic mass is 9.97. The first-order chi connectivity index (χ1) is 14.8. The maximum absolute atomic E-state index is 12.9. The highest BCUT2D eigenvalue weighted by Gasteiger charge is 2.28. The normalized spacial score (nSPS) is 18.7. The first kappa shape index (κ1) is 19.2. The van der Waals surface area contributed by atoms with Gasteiger partial charge >= 0.3 is 0 Å². The van der Waals surface area contributed by atoms with Gasteiger partial charge in [0.25, 0.3) is 0 Å². The van der Waals surface area contributed by atoms with Crippen LogP contribution in [0, 0.1) is 5.92 Å². The molecular formula is C23H25N5OS. The van der Waals surface area contributed by atoms with Crippen molar-refractivity contribution < 1.29 is 4.79 Å². The topological polar surface area (TPSA) is 71.0 Å². The highest BCUT2D eigenvalue weighted by molar-refractivity contribution is 7.15. The molecule has 0 spiro atoms. The van der Waals surface area contributed by atoms with Crippen molar-refractivity contribution in [2.45, 2.75) is 38.5 Å². The van der Waals surface area contributed by atoms with Crippen molar-refractivity contribution in [1.82, 2.24) is 15.2 Å². The molecule has 1 unspecified atom stereocenters. The zero-order valence-corrected chi connectivity index (χ0v) is 17.7. The van der Waals surface area contributed by atoms with Crippen LogP contribution >= 0.6 is 11.3 Å². The van der Waals surface area contributed by atoms with Gasteiger partial charge in [-0.2, -0.15) is 0 Å². The van der Waals surface area contributed by atoms with Crippen LogP contribution in [0.2, 0.25) is 0 Å². The fourth-order valence-electron chi connectivity index (χ4n) is 4.27. The van der Waals surface area contributed by atoms with Crippen LogP contribution in [-0.2, 0) is 17.6 Å². The maximum atomic E-state index is 12.9. The predicted octanol–water partition coefficient (Wildman–Crippen LogP) is 4.33. The van der Waals surface area contributed by atoms with Gasteiger partial charge in [-0.1, -0.05) is 30.3 Å². The van der Waals surface area contributed by atoms with E-state index in [0.29, 0.717) is 6.54 Å². The third-order valence-corrected chi connectivity index (χ3v) is 6.98. The summed E-state index contributed by atoms with van der Waals surface area (Å²) >= 11 is 1.65. The summed E-state index contributed by atoms with van der Waals surface area (Å²) in [4.78, 5) is 21.1. The summed E-state index contributed by atoms with van der Waals surface area (Å²) in [6.07, 6.45) is 6.42. The maximum Gasteiger partial charge on any atom is 0.231 e. The number of hydrogen-bond donors (Lipinski definition) is 1. The molecule has 2 aromatic heterocycles. The second-order valence-electron chi connectivity index (χ2n) is 8.01. The van der Waals surface area contributed by atoms with E-state index >= 15 is 0 Å². The van der Waals surface area contributed by atoms with Crippen LogP contribution in [0.5, 0.6) is 0 Å². The lowest BCUT2D eigenvalue weighted by Crippen LogP contribution is -2.41. The monoisotopic (exact) mass is 419 g/mol. The highest BCUT2D eigenvalue weighted by Crippen LogP contribution is 2.30. The van der Waals surface area contributed by atoms with E-state index in [-0.39, 0.29) is 11.8 Å². The molecule has 5 rings (SSSR count). The van der Waals surface area contributed by atoms with Crippen LogP contribution in [0.1, 0.15) is 36.3 Å². The number of nitrogens with one attached hydrogen (secondary N) is 1. The first-order valence-electron chi connectivity index (χ1n) is 10.7. The molecule has 1 atom stereocenters. The van der Waals surface area contributed by atoms with Gasteiger partial charge in [-0.25, -0.2) is 4.98 Å². The Kier molecular flexibility index (Phi) is 5.45. The minimum atomic E-state index is -0.0599. The summed E-state index contributed by atoms with van der Waals surface area (Å²) in [5, 5.41) is 12.7. The molecule has 0 bridgehead atoms. The Labute approximate surface area is 180 Å². The van der Waals surface area contributed by atoms with Gasteiger partial charge in [0.15, 0.2) is 10.9 Å².